The number of ether oxygens (including phenoxy) is 2. The van der Waals surface area contributed by atoms with E-state index in [2.05, 4.69) is 11.1 Å². The SMILES string of the molecule is N#CC1(C#N)[C@H](c2ccncc2)O[C@@]23CCCC[C@H]2[C@@]1(C#N)C(=N)O3. The second kappa shape index (κ2) is 5.02. The van der Waals surface area contributed by atoms with E-state index >= 15 is 0 Å². The van der Waals surface area contributed by atoms with Crippen LogP contribution < -0.4 is 0 Å². The van der Waals surface area contributed by atoms with Gasteiger partial charge >= 0.3 is 0 Å². The Balaban J connectivity index is 2.01. The molecule has 4 rings (SSSR count). The molecule has 0 amide bonds. The van der Waals surface area contributed by atoms with E-state index in [-0.39, 0.29) is 5.90 Å². The van der Waals surface area contributed by atoms with Gasteiger partial charge in [0.1, 0.15) is 6.10 Å². The van der Waals surface area contributed by atoms with Gasteiger partial charge in [-0.05, 0) is 30.5 Å². The van der Waals surface area contributed by atoms with Crippen LogP contribution in [-0.4, -0.2) is 16.7 Å². The Morgan fingerprint density at radius 2 is 1.84 bits per heavy atom. The summed E-state index contributed by atoms with van der Waals surface area (Å²) in [5.41, 5.74) is -2.91. The smallest absolute Gasteiger partial charge is 0.217 e. The van der Waals surface area contributed by atoms with Crippen molar-refractivity contribution in [3.63, 3.8) is 0 Å². The Kier molecular flexibility index (Phi) is 3.13. The summed E-state index contributed by atoms with van der Waals surface area (Å²) in [5.74, 6) is -1.93. The summed E-state index contributed by atoms with van der Waals surface area (Å²) < 4.78 is 12.1. The predicted molar refractivity (Wildman–Crippen MR) is 83.3 cm³/mol. The van der Waals surface area contributed by atoms with Crippen molar-refractivity contribution < 1.29 is 9.47 Å². The molecule has 0 unspecified atom stereocenters. The van der Waals surface area contributed by atoms with Gasteiger partial charge in [-0.15, -0.1) is 0 Å². The molecule has 1 aromatic rings. The number of hydrogen-bond donors (Lipinski definition) is 1. The molecule has 1 saturated carbocycles. The van der Waals surface area contributed by atoms with E-state index in [9.17, 15) is 15.8 Å². The van der Waals surface area contributed by atoms with Gasteiger partial charge in [0.2, 0.25) is 17.1 Å². The quantitative estimate of drug-likeness (QED) is 0.841. The normalized spacial score (nSPS) is 37.7. The largest absolute Gasteiger partial charge is 0.447 e. The zero-order valence-corrected chi connectivity index (χ0v) is 13.4. The minimum atomic E-state index is -1.86. The summed E-state index contributed by atoms with van der Waals surface area (Å²) in [6, 6.07) is 9.58. The van der Waals surface area contributed by atoms with Crippen molar-refractivity contribution in [3.8, 4) is 18.2 Å². The average molecular weight is 333 g/mol. The zero-order chi connectivity index (χ0) is 17.7. The maximum atomic E-state index is 10.1. The number of rotatable bonds is 1. The van der Waals surface area contributed by atoms with Crippen LogP contribution in [0.4, 0.5) is 0 Å². The lowest BCUT2D eigenvalue weighted by molar-refractivity contribution is -0.294. The van der Waals surface area contributed by atoms with E-state index in [0.29, 0.717) is 18.4 Å². The van der Waals surface area contributed by atoms with E-state index in [1.807, 2.05) is 12.1 Å². The molecular formula is C18H15N5O2. The molecule has 25 heavy (non-hydrogen) atoms. The lowest BCUT2D eigenvalue weighted by Gasteiger charge is -2.51. The van der Waals surface area contributed by atoms with Gasteiger partial charge in [0.15, 0.2) is 5.41 Å². The van der Waals surface area contributed by atoms with Gasteiger partial charge in [0.05, 0.1) is 24.1 Å². The van der Waals surface area contributed by atoms with Crippen molar-refractivity contribution in [1.29, 1.82) is 21.2 Å². The fourth-order valence-electron chi connectivity index (χ4n) is 4.70. The van der Waals surface area contributed by atoms with Crippen LogP contribution in [-0.2, 0) is 9.47 Å². The standard InChI is InChI=1S/C18H15N5O2/c19-9-16(10-20)14(12-4-7-23-8-5-12)24-18-6-2-1-3-13(18)17(16,11-21)15(22)25-18/h4-5,7-8,13-14,22H,1-3,6H2/t13-,14-,17-,18+/m0/s1. The summed E-state index contributed by atoms with van der Waals surface area (Å²) >= 11 is 0. The van der Waals surface area contributed by atoms with Gasteiger partial charge in [-0.3, -0.25) is 10.4 Å². The molecule has 3 aliphatic rings. The van der Waals surface area contributed by atoms with Crippen molar-refractivity contribution in [2.75, 3.05) is 0 Å². The van der Waals surface area contributed by atoms with Crippen LogP contribution in [0.15, 0.2) is 24.5 Å². The highest BCUT2D eigenvalue weighted by Gasteiger charge is 2.80. The third-order valence-corrected chi connectivity index (χ3v) is 5.83. The molecule has 7 heteroatoms. The van der Waals surface area contributed by atoms with Gasteiger partial charge in [-0.2, -0.15) is 15.8 Å². The Morgan fingerprint density at radius 1 is 1.12 bits per heavy atom. The number of nitrogens with one attached hydrogen (secondary N) is 1. The molecule has 124 valence electrons. The number of pyridine rings is 1. The van der Waals surface area contributed by atoms with Gasteiger partial charge in [-0.1, -0.05) is 6.42 Å². The maximum absolute atomic E-state index is 10.1. The molecule has 3 fully saturated rings. The van der Waals surface area contributed by atoms with Gasteiger partial charge < -0.3 is 9.47 Å². The van der Waals surface area contributed by atoms with E-state index < -0.39 is 28.6 Å². The first-order chi connectivity index (χ1) is 12.1. The Bertz CT molecular complexity index is 850. The fourth-order valence-corrected chi connectivity index (χ4v) is 4.70. The first kappa shape index (κ1) is 15.6. The number of nitriles is 3. The molecular weight excluding hydrogens is 318 g/mol. The van der Waals surface area contributed by atoms with Crippen LogP contribution in [0.5, 0.6) is 0 Å². The summed E-state index contributed by atoms with van der Waals surface area (Å²) in [6.45, 7) is 0. The summed E-state index contributed by atoms with van der Waals surface area (Å²) in [7, 11) is 0. The van der Waals surface area contributed by atoms with Crippen molar-refractivity contribution in [1.82, 2.24) is 4.98 Å². The average Bonchev–Trinajstić information content (AvgIpc) is 2.87. The van der Waals surface area contributed by atoms with Crippen LogP contribution in [0.2, 0.25) is 0 Å². The molecule has 2 saturated heterocycles. The number of nitrogens with zero attached hydrogens (tertiary/aromatic N) is 4. The minimum Gasteiger partial charge on any atom is -0.447 e. The highest BCUT2D eigenvalue weighted by Crippen LogP contribution is 2.69. The van der Waals surface area contributed by atoms with Gasteiger partial charge in [0, 0.05) is 18.8 Å². The van der Waals surface area contributed by atoms with E-state index in [1.165, 1.54) is 0 Å². The molecule has 7 nitrogen and oxygen atoms in total. The highest BCUT2D eigenvalue weighted by molar-refractivity contribution is 5.89. The lowest BCUT2D eigenvalue weighted by atomic mass is 9.51. The Hall–Kier alpha value is -2.95. The summed E-state index contributed by atoms with van der Waals surface area (Å²) in [6.07, 6.45) is 4.94. The zero-order valence-electron chi connectivity index (χ0n) is 13.4. The second-order valence-corrected chi connectivity index (χ2v) is 6.77. The third-order valence-electron chi connectivity index (χ3n) is 5.83. The van der Waals surface area contributed by atoms with E-state index in [1.54, 1.807) is 24.5 Å². The number of hydrogen-bond acceptors (Lipinski definition) is 7. The molecule has 2 bridgehead atoms. The topological polar surface area (TPSA) is 127 Å². The van der Waals surface area contributed by atoms with Crippen molar-refractivity contribution in [2.24, 2.45) is 16.7 Å². The van der Waals surface area contributed by atoms with Crippen LogP contribution in [0, 0.1) is 56.2 Å². The molecule has 4 atom stereocenters. The van der Waals surface area contributed by atoms with Crippen LogP contribution >= 0.6 is 0 Å². The molecule has 1 N–H and O–H groups in total. The van der Waals surface area contributed by atoms with E-state index in [4.69, 9.17) is 14.9 Å². The Morgan fingerprint density at radius 3 is 2.48 bits per heavy atom. The first-order valence-electron chi connectivity index (χ1n) is 8.20. The first-order valence-corrected chi connectivity index (χ1v) is 8.20. The van der Waals surface area contributed by atoms with Crippen LogP contribution in [0.3, 0.4) is 0 Å². The molecule has 1 aromatic heterocycles. The minimum absolute atomic E-state index is 0.318. The van der Waals surface area contributed by atoms with Crippen molar-refractivity contribution in [2.45, 2.75) is 37.6 Å². The predicted octanol–water partition coefficient (Wildman–Crippen LogP) is 2.59. The second-order valence-electron chi connectivity index (χ2n) is 6.77. The Labute approximate surface area is 144 Å². The summed E-state index contributed by atoms with van der Waals surface area (Å²) in [4.78, 5) is 3.97. The number of aromatic nitrogens is 1. The van der Waals surface area contributed by atoms with Crippen molar-refractivity contribution >= 4 is 5.90 Å². The monoisotopic (exact) mass is 333 g/mol. The van der Waals surface area contributed by atoms with Crippen LogP contribution in [0.25, 0.3) is 0 Å². The maximum Gasteiger partial charge on any atom is 0.217 e. The highest BCUT2D eigenvalue weighted by atomic mass is 16.7. The van der Waals surface area contributed by atoms with E-state index in [0.717, 1.165) is 12.8 Å². The molecule has 0 aromatic carbocycles. The molecule has 0 radical (unpaired) electrons. The third kappa shape index (κ3) is 1.60. The molecule has 0 spiro atoms. The molecule has 2 aliphatic heterocycles. The fraction of sp³-hybridized carbons (Fsp3) is 0.500. The van der Waals surface area contributed by atoms with Crippen LogP contribution in [0.1, 0.15) is 37.4 Å². The van der Waals surface area contributed by atoms with Crippen molar-refractivity contribution in [3.05, 3.63) is 30.1 Å². The molecule has 3 heterocycles. The van der Waals surface area contributed by atoms with Gasteiger partial charge in [0.25, 0.3) is 0 Å². The summed E-state index contributed by atoms with van der Waals surface area (Å²) in [5, 5.41) is 38.5. The lowest BCUT2D eigenvalue weighted by Crippen LogP contribution is -2.60. The van der Waals surface area contributed by atoms with Gasteiger partial charge in [-0.25, -0.2) is 0 Å². The molecule has 1 aliphatic carbocycles.